The summed E-state index contributed by atoms with van der Waals surface area (Å²) in [4.78, 5) is 4.18. The maximum Gasteiger partial charge on any atom is 0.387 e. The second-order valence-electron chi connectivity index (χ2n) is 3.77. The van der Waals surface area contributed by atoms with Gasteiger partial charge in [0.1, 0.15) is 16.6 Å². The topological polar surface area (TPSA) is 31.4 Å². The molecule has 0 N–H and O–H groups in total. The van der Waals surface area contributed by atoms with Crippen molar-refractivity contribution in [2.75, 3.05) is 6.61 Å². The molecule has 0 spiro atoms. The highest BCUT2D eigenvalue weighted by Gasteiger charge is 2.18. The van der Waals surface area contributed by atoms with Crippen LogP contribution in [0.25, 0.3) is 10.6 Å². The summed E-state index contributed by atoms with van der Waals surface area (Å²) in [7, 11) is 0. The van der Waals surface area contributed by atoms with Crippen LogP contribution >= 0.6 is 11.3 Å². The maximum atomic E-state index is 13.9. The van der Waals surface area contributed by atoms with Crippen LogP contribution in [-0.4, -0.2) is 18.2 Å². The fourth-order valence-electron chi connectivity index (χ4n) is 1.60. The van der Waals surface area contributed by atoms with Crippen LogP contribution in [0.4, 0.5) is 13.2 Å². The molecule has 0 saturated carbocycles. The van der Waals surface area contributed by atoms with Gasteiger partial charge in [0.05, 0.1) is 17.9 Å². The molecule has 1 aromatic carbocycles. The fraction of sp³-hybridized carbons (Fsp3) is 0.308. The molecule has 0 saturated heterocycles. The Morgan fingerprint density at radius 1 is 1.35 bits per heavy atom. The zero-order valence-corrected chi connectivity index (χ0v) is 11.4. The molecule has 0 aliphatic carbocycles. The van der Waals surface area contributed by atoms with Crippen molar-refractivity contribution in [1.82, 2.24) is 4.98 Å². The number of benzene rings is 1. The molecule has 2 aromatic rings. The van der Waals surface area contributed by atoms with Gasteiger partial charge in [-0.2, -0.15) is 8.78 Å². The van der Waals surface area contributed by atoms with Crippen molar-refractivity contribution in [1.29, 1.82) is 0 Å². The highest BCUT2D eigenvalue weighted by molar-refractivity contribution is 7.13. The van der Waals surface area contributed by atoms with Crippen molar-refractivity contribution in [2.24, 2.45) is 0 Å². The molecule has 0 bridgehead atoms. The summed E-state index contributed by atoms with van der Waals surface area (Å²) in [6.07, 6.45) is 0. The minimum Gasteiger partial charge on any atom is -0.434 e. The lowest BCUT2D eigenvalue weighted by molar-refractivity contribution is -0.0495. The Bertz CT molecular complexity index is 574. The minimum atomic E-state index is -3.02. The molecular formula is C13H12F3NO2S. The molecule has 1 aromatic heterocycles. The van der Waals surface area contributed by atoms with Crippen molar-refractivity contribution < 1.29 is 22.6 Å². The molecule has 20 heavy (non-hydrogen) atoms. The van der Waals surface area contributed by atoms with Crippen LogP contribution in [0, 0.1) is 5.82 Å². The van der Waals surface area contributed by atoms with Gasteiger partial charge in [0, 0.05) is 12.0 Å². The summed E-state index contributed by atoms with van der Waals surface area (Å²) in [6.45, 7) is -0.337. The van der Waals surface area contributed by atoms with E-state index >= 15 is 0 Å². The number of rotatable bonds is 6. The number of aromatic nitrogens is 1. The van der Waals surface area contributed by atoms with E-state index in [-0.39, 0.29) is 16.3 Å². The molecule has 0 aliphatic heterocycles. The van der Waals surface area contributed by atoms with Crippen LogP contribution < -0.4 is 4.74 Å². The minimum absolute atomic E-state index is 0.0550. The normalized spacial score (nSPS) is 11.1. The Morgan fingerprint density at radius 2 is 2.15 bits per heavy atom. The van der Waals surface area contributed by atoms with Gasteiger partial charge in [0.25, 0.3) is 0 Å². The number of ether oxygens (including phenoxy) is 2. The zero-order chi connectivity index (χ0) is 14.5. The van der Waals surface area contributed by atoms with E-state index in [1.54, 1.807) is 5.38 Å². The van der Waals surface area contributed by atoms with Gasteiger partial charge < -0.3 is 9.47 Å². The third-order valence-electron chi connectivity index (χ3n) is 2.41. The molecule has 0 aliphatic rings. The van der Waals surface area contributed by atoms with Crippen molar-refractivity contribution in [2.45, 2.75) is 20.1 Å². The third kappa shape index (κ3) is 3.49. The van der Waals surface area contributed by atoms with E-state index in [0.717, 1.165) is 11.3 Å². The lowest BCUT2D eigenvalue weighted by Gasteiger charge is -2.09. The highest BCUT2D eigenvalue weighted by Crippen LogP contribution is 2.35. The van der Waals surface area contributed by atoms with E-state index in [2.05, 4.69) is 9.72 Å². The van der Waals surface area contributed by atoms with Gasteiger partial charge in [-0.15, -0.1) is 11.3 Å². The molecule has 0 unspecified atom stereocenters. The third-order valence-corrected chi connectivity index (χ3v) is 3.32. The second-order valence-corrected chi connectivity index (χ2v) is 4.63. The first-order valence-corrected chi connectivity index (χ1v) is 6.75. The van der Waals surface area contributed by atoms with Gasteiger partial charge in [0.15, 0.2) is 0 Å². The quantitative estimate of drug-likeness (QED) is 0.805. The van der Waals surface area contributed by atoms with Crippen molar-refractivity contribution >= 4 is 11.3 Å². The van der Waals surface area contributed by atoms with Crippen molar-refractivity contribution in [3.8, 4) is 16.3 Å². The Kier molecular flexibility index (Phi) is 4.97. The van der Waals surface area contributed by atoms with E-state index < -0.39 is 12.4 Å². The number of nitrogens with zero attached hydrogens (tertiary/aromatic N) is 1. The van der Waals surface area contributed by atoms with Crippen LogP contribution in [-0.2, 0) is 11.3 Å². The van der Waals surface area contributed by atoms with Gasteiger partial charge >= 0.3 is 6.61 Å². The Hall–Kier alpha value is -1.60. The second kappa shape index (κ2) is 6.71. The Labute approximate surface area is 118 Å². The molecule has 0 atom stereocenters. The molecule has 0 fully saturated rings. The molecule has 1 heterocycles. The summed E-state index contributed by atoms with van der Waals surface area (Å²) in [5.41, 5.74) is 0.568. The fourth-order valence-corrected chi connectivity index (χ4v) is 2.46. The Balaban J connectivity index is 2.33. The predicted molar refractivity (Wildman–Crippen MR) is 69.5 cm³/mol. The van der Waals surface area contributed by atoms with E-state index in [4.69, 9.17) is 4.74 Å². The molecule has 0 radical (unpaired) electrons. The standard InChI is InChI=1S/C13H12F3NO2S/c1-2-18-6-8-7-20-12(17-8)11-9(14)4-3-5-10(11)19-13(15)16/h3-5,7,13H,2,6H2,1H3. The smallest absolute Gasteiger partial charge is 0.387 e. The monoisotopic (exact) mass is 303 g/mol. The van der Waals surface area contributed by atoms with Gasteiger partial charge in [-0.25, -0.2) is 9.37 Å². The van der Waals surface area contributed by atoms with E-state index in [0.29, 0.717) is 18.9 Å². The molecule has 3 nitrogen and oxygen atoms in total. The van der Waals surface area contributed by atoms with Crippen LogP contribution in [0.2, 0.25) is 0 Å². The lowest BCUT2D eigenvalue weighted by Crippen LogP contribution is -2.04. The summed E-state index contributed by atoms with van der Waals surface area (Å²) in [5, 5.41) is 1.98. The first kappa shape index (κ1) is 14.8. The van der Waals surface area contributed by atoms with Crippen molar-refractivity contribution in [3.63, 3.8) is 0 Å². The largest absolute Gasteiger partial charge is 0.434 e. The molecular weight excluding hydrogens is 291 g/mol. The summed E-state index contributed by atoms with van der Waals surface area (Å²) >= 11 is 1.15. The lowest BCUT2D eigenvalue weighted by atomic mass is 10.2. The van der Waals surface area contributed by atoms with E-state index in [9.17, 15) is 13.2 Å². The van der Waals surface area contributed by atoms with Crippen molar-refractivity contribution in [3.05, 3.63) is 35.1 Å². The van der Waals surface area contributed by atoms with Gasteiger partial charge in [-0.3, -0.25) is 0 Å². The average molecular weight is 303 g/mol. The first-order chi connectivity index (χ1) is 9.61. The molecule has 0 amide bonds. The summed E-state index contributed by atoms with van der Waals surface area (Å²) < 4.78 is 48.1. The maximum absolute atomic E-state index is 13.9. The summed E-state index contributed by atoms with van der Waals surface area (Å²) in [6, 6.07) is 3.77. The summed E-state index contributed by atoms with van der Waals surface area (Å²) in [5.74, 6) is -0.877. The van der Waals surface area contributed by atoms with Crippen LogP contribution in [0.1, 0.15) is 12.6 Å². The van der Waals surface area contributed by atoms with Gasteiger partial charge in [-0.05, 0) is 19.1 Å². The number of alkyl halides is 2. The predicted octanol–water partition coefficient (Wildman–Crippen LogP) is 4.09. The number of halogens is 3. The molecule has 108 valence electrons. The highest BCUT2D eigenvalue weighted by atomic mass is 32.1. The molecule has 2 rings (SSSR count). The number of hydrogen-bond donors (Lipinski definition) is 0. The first-order valence-electron chi connectivity index (χ1n) is 5.87. The zero-order valence-electron chi connectivity index (χ0n) is 10.6. The van der Waals surface area contributed by atoms with Crippen LogP contribution in [0.3, 0.4) is 0 Å². The van der Waals surface area contributed by atoms with Gasteiger partial charge in [0.2, 0.25) is 0 Å². The molecule has 7 heteroatoms. The van der Waals surface area contributed by atoms with E-state index in [1.807, 2.05) is 6.92 Å². The van der Waals surface area contributed by atoms with Gasteiger partial charge in [-0.1, -0.05) is 6.07 Å². The SMILES string of the molecule is CCOCc1csc(-c2c(F)cccc2OC(F)F)n1. The van der Waals surface area contributed by atoms with E-state index in [1.165, 1.54) is 18.2 Å². The average Bonchev–Trinajstić information content (AvgIpc) is 2.84. The number of thiazole rings is 1. The Morgan fingerprint density at radius 3 is 2.85 bits per heavy atom. The van der Waals surface area contributed by atoms with Crippen LogP contribution in [0.5, 0.6) is 5.75 Å². The number of hydrogen-bond acceptors (Lipinski definition) is 4. The van der Waals surface area contributed by atoms with Crippen LogP contribution in [0.15, 0.2) is 23.6 Å².